The van der Waals surface area contributed by atoms with Crippen LogP contribution in [0.4, 0.5) is 0 Å². The Labute approximate surface area is 99.4 Å². The van der Waals surface area contributed by atoms with Crippen LogP contribution in [0.5, 0.6) is 0 Å². The van der Waals surface area contributed by atoms with Gasteiger partial charge in [0.25, 0.3) is 0 Å². The smallest absolute Gasteiger partial charge is 0.101 e. The minimum absolute atomic E-state index is 0.475. The molecule has 2 rings (SSSR count). The number of hydrogen-bond donors (Lipinski definition) is 1. The Morgan fingerprint density at radius 3 is 2.56 bits per heavy atom. The van der Waals surface area contributed by atoms with Gasteiger partial charge in [-0.2, -0.15) is 0 Å². The minimum Gasteiger partial charge on any atom is -0.495 e. The van der Waals surface area contributed by atoms with E-state index in [2.05, 4.69) is 25.2 Å². The van der Waals surface area contributed by atoms with Crippen molar-refractivity contribution >= 4 is 0 Å². The maximum atomic E-state index is 6.08. The summed E-state index contributed by atoms with van der Waals surface area (Å²) in [6, 6.07) is 0. The van der Waals surface area contributed by atoms with E-state index in [0.717, 1.165) is 31.3 Å². The highest BCUT2D eigenvalue weighted by atomic mass is 16.5. The molecule has 0 unspecified atom stereocenters. The molecule has 16 heavy (non-hydrogen) atoms. The zero-order chi connectivity index (χ0) is 11.4. The number of allylic oxidation sites excluding steroid dienone is 2. The van der Waals surface area contributed by atoms with Crippen molar-refractivity contribution in [2.24, 2.45) is 11.8 Å². The van der Waals surface area contributed by atoms with E-state index in [1.54, 1.807) is 0 Å². The molecule has 0 spiro atoms. The van der Waals surface area contributed by atoms with E-state index in [1.807, 2.05) is 0 Å². The van der Waals surface area contributed by atoms with Gasteiger partial charge in [0.15, 0.2) is 0 Å². The quantitative estimate of drug-likeness (QED) is 0.794. The van der Waals surface area contributed by atoms with Gasteiger partial charge in [0.2, 0.25) is 0 Å². The van der Waals surface area contributed by atoms with Crippen LogP contribution in [0.25, 0.3) is 0 Å². The topological polar surface area (TPSA) is 21.3 Å². The van der Waals surface area contributed by atoms with Crippen LogP contribution in [-0.4, -0.2) is 19.2 Å². The number of nitrogens with one attached hydrogen (secondary N) is 1. The molecule has 1 heterocycles. The van der Waals surface area contributed by atoms with Gasteiger partial charge in [-0.25, -0.2) is 0 Å². The Kier molecular flexibility index (Phi) is 4.28. The van der Waals surface area contributed by atoms with Crippen molar-refractivity contribution in [1.82, 2.24) is 5.32 Å². The minimum atomic E-state index is 0.475. The highest BCUT2D eigenvalue weighted by molar-refractivity contribution is 5.00. The summed E-state index contributed by atoms with van der Waals surface area (Å²) < 4.78 is 6.08. The summed E-state index contributed by atoms with van der Waals surface area (Å²) >= 11 is 0. The first kappa shape index (κ1) is 12.0. The summed E-state index contributed by atoms with van der Waals surface area (Å²) in [5, 5.41) is 3.37. The fraction of sp³-hybridized carbons (Fsp3) is 0.857. The lowest BCUT2D eigenvalue weighted by Crippen LogP contribution is -2.32. The molecule has 0 aromatic heterocycles. The van der Waals surface area contributed by atoms with Gasteiger partial charge in [-0.1, -0.05) is 13.8 Å². The third-order valence-electron chi connectivity index (χ3n) is 3.96. The normalized spacial score (nSPS) is 27.9. The predicted octanol–water partition coefficient (Wildman–Crippen LogP) is 3.10. The van der Waals surface area contributed by atoms with Gasteiger partial charge < -0.3 is 10.1 Å². The summed E-state index contributed by atoms with van der Waals surface area (Å²) in [6.45, 7) is 6.90. The lowest BCUT2D eigenvalue weighted by molar-refractivity contribution is 0.0751. The first-order valence-corrected chi connectivity index (χ1v) is 6.82. The average Bonchev–Trinajstić information content (AvgIpc) is 2.31. The van der Waals surface area contributed by atoms with Crippen LogP contribution in [0.2, 0.25) is 0 Å². The molecule has 0 radical (unpaired) electrons. The first-order chi connectivity index (χ1) is 7.75. The molecule has 2 aliphatic rings. The molecule has 1 fully saturated rings. The summed E-state index contributed by atoms with van der Waals surface area (Å²) in [7, 11) is 0. The van der Waals surface area contributed by atoms with E-state index in [0.29, 0.717) is 6.10 Å². The predicted molar refractivity (Wildman–Crippen MR) is 67.2 cm³/mol. The summed E-state index contributed by atoms with van der Waals surface area (Å²) in [5.74, 6) is 2.96. The summed E-state index contributed by atoms with van der Waals surface area (Å²) in [6.07, 6.45) is 8.86. The molecule has 1 aliphatic heterocycles. The van der Waals surface area contributed by atoms with Crippen molar-refractivity contribution in [2.45, 2.75) is 52.1 Å². The van der Waals surface area contributed by atoms with Crippen LogP contribution in [0, 0.1) is 11.8 Å². The number of hydrogen-bond acceptors (Lipinski definition) is 2. The molecule has 0 aromatic carbocycles. The van der Waals surface area contributed by atoms with Gasteiger partial charge >= 0.3 is 0 Å². The Morgan fingerprint density at radius 1 is 1.25 bits per heavy atom. The lowest BCUT2D eigenvalue weighted by Gasteiger charge is -2.29. The monoisotopic (exact) mass is 223 g/mol. The van der Waals surface area contributed by atoms with E-state index < -0.39 is 0 Å². The van der Waals surface area contributed by atoms with Crippen LogP contribution in [-0.2, 0) is 4.74 Å². The molecular formula is C14H25NO. The van der Waals surface area contributed by atoms with Crippen LogP contribution in [0.3, 0.4) is 0 Å². The third-order valence-corrected chi connectivity index (χ3v) is 3.96. The van der Waals surface area contributed by atoms with E-state index in [9.17, 15) is 0 Å². The zero-order valence-corrected chi connectivity index (χ0v) is 10.7. The van der Waals surface area contributed by atoms with Crippen molar-refractivity contribution in [3.05, 3.63) is 11.8 Å². The molecule has 1 N–H and O–H groups in total. The van der Waals surface area contributed by atoms with E-state index in [4.69, 9.17) is 4.74 Å². The van der Waals surface area contributed by atoms with Gasteiger partial charge in [0.05, 0.1) is 5.76 Å². The first-order valence-electron chi connectivity index (χ1n) is 6.82. The molecule has 1 atom stereocenters. The Morgan fingerprint density at radius 2 is 2.00 bits per heavy atom. The van der Waals surface area contributed by atoms with Crippen LogP contribution in [0.15, 0.2) is 11.8 Å². The Hall–Kier alpha value is -0.500. The van der Waals surface area contributed by atoms with Crippen molar-refractivity contribution in [1.29, 1.82) is 0 Å². The van der Waals surface area contributed by atoms with Gasteiger partial charge in [-0.15, -0.1) is 0 Å². The van der Waals surface area contributed by atoms with Crippen LogP contribution >= 0.6 is 0 Å². The van der Waals surface area contributed by atoms with Crippen LogP contribution < -0.4 is 5.32 Å². The van der Waals surface area contributed by atoms with Crippen LogP contribution in [0.1, 0.15) is 46.0 Å². The molecule has 2 heteroatoms. The molecule has 0 amide bonds. The van der Waals surface area contributed by atoms with E-state index in [-0.39, 0.29) is 0 Å². The highest BCUT2D eigenvalue weighted by Crippen LogP contribution is 2.30. The summed E-state index contributed by atoms with van der Waals surface area (Å²) in [4.78, 5) is 0. The molecular weight excluding hydrogens is 198 g/mol. The molecule has 0 bridgehead atoms. The molecule has 0 aromatic rings. The number of piperidine rings is 1. The van der Waals surface area contributed by atoms with Gasteiger partial charge in [-0.3, -0.25) is 0 Å². The molecule has 2 nitrogen and oxygen atoms in total. The van der Waals surface area contributed by atoms with Crippen molar-refractivity contribution in [3.63, 3.8) is 0 Å². The second kappa shape index (κ2) is 5.72. The SMILES string of the molecule is CC(C)[C@H]1CC=C(OC2CCNCC2)CC1. The molecule has 1 saturated heterocycles. The molecule has 92 valence electrons. The number of ether oxygens (including phenoxy) is 1. The second-order valence-corrected chi connectivity index (χ2v) is 5.52. The van der Waals surface area contributed by atoms with Crippen molar-refractivity contribution < 1.29 is 4.74 Å². The maximum absolute atomic E-state index is 6.08. The highest BCUT2D eigenvalue weighted by Gasteiger charge is 2.21. The van der Waals surface area contributed by atoms with Gasteiger partial charge in [0.1, 0.15) is 6.10 Å². The standard InChI is InChI=1S/C14H25NO/c1-11(2)12-3-5-13(6-4-12)16-14-7-9-15-10-8-14/h5,11-12,14-15H,3-4,6-10H2,1-2H3/t12-/m0/s1. The van der Waals surface area contributed by atoms with E-state index in [1.165, 1.54) is 31.4 Å². The Balaban J connectivity index is 1.78. The van der Waals surface area contributed by atoms with Crippen molar-refractivity contribution in [3.8, 4) is 0 Å². The summed E-state index contributed by atoms with van der Waals surface area (Å²) in [5.41, 5.74) is 0. The largest absolute Gasteiger partial charge is 0.495 e. The van der Waals surface area contributed by atoms with Crippen molar-refractivity contribution in [2.75, 3.05) is 13.1 Å². The zero-order valence-electron chi connectivity index (χ0n) is 10.7. The lowest BCUT2D eigenvalue weighted by atomic mass is 9.84. The average molecular weight is 223 g/mol. The van der Waals surface area contributed by atoms with Gasteiger partial charge in [0, 0.05) is 6.42 Å². The van der Waals surface area contributed by atoms with E-state index >= 15 is 0 Å². The fourth-order valence-electron chi connectivity index (χ4n) is 2.67. The third kappa shape index (κ3) is 3.24. The Bertz CT molecular complexity index is 241. The second-order valence-electron chi connectivity index (χ2n) is 5.52. The number of rotatable bonds is 3. The molecule has 0 saturated carbocycles. The maximum Gasteiger partial charge on any atom is 0.101 e. The van der Waals surface area contributed by atoms with Gasteiger partial charge in [-0.05, 0) is 56.7 Å². The molecule has 1 aliphatic carbocycles. The fourth-order valence-corrected chi connectivity index (χ4v) is 2.67.